The lowest BCUT2D eigenvalue weighted by Crippen LogP contribution is -2.36. The van der Waals surface area contributed by atoms with Crippen molar-refractivity contribution in [2.45, 2.75) is 39.5 Å². The highest BCUT2D eigenvalue weighted by molar-refractivity contribution is 6.32. The highest BCUT2D eigenvalue weighted by Crippen LogP contribution is 1.98. The van der Waals surface area contributed by atoms with Gasteiger partial charge < -0.3 is 10.1 Å². The van der Waals surface area contributed by atoms with Crippen LogP contribution in [0.4, 0.5) is 0 Å². The SMILES string of the molecule is CCCCCC(=O)CNC(=O)C(=O)OCC. The Kier molecular flexibility index (Phi) is 8.11. The minimum Gasteiger partial charge on any atom is -0.459 e. The molecule has 0 fully saturated rings. The van der Waals surface area contributed by atoms with Crippen LogP contribution in [0.15, 0.2) is 0 Å². The molecular weight excluding hydrogens is 210 g/mol. The van der Waals surface area contributed by atoms with Crippen LogP contribution in [0.1, 0.15) is 39.5 Å². The maximum Gasteiger partial charge on any atom is 0.396 e. The fourth-order valence-corrected chi connectivity index (χ4v) is 1.11. The van der Waals surface area contributed by atoms with E-state index in [9.17, 15) is 14.4 Å². The minimum absolute atomic E-state index is 0.0638. The van der Waals surface area contributed by atoms with E-state index in [-0.39, 0.29) is 18.9 Å². The number of rotatable bonds is 7. The number of Topliss-reactive ketones (excluding diaryl/α,β-unsaturated/α-hetero) is 1. The minimum atomic E-state index is -0.941. The number of unbranched alkanes of at least 4 members (excludes halogenated alkanes) is 2. The average Bonchev–Trinajstić information content (AvgIpc) is 2.26. The standard InChI is InChI=1S/C11H19NO4/c1-3-5-6-7-9(13)8-12-10(14)11(15)16-4-2/h3-8H2,1-2H3,(H,12,14). The lowest BCUT2D eigenvalue weighted by Gasteiger charge is -2.03. The van der Waals surface area contributed by atoms with Crippen LogP contribution in [0.3, 0.4) is 0 Å². The molecule has 0 rings (SSSR count). The van der Waals surface area contributed by atoms with Crippen molar-refractivity contribution in [3.05, 3.63) is 0 Å². The molecule has 0 unspecified atom stereocenters. The Morgan fingerprint density at radius 1 is 1.12 bits per heavy atom. The van der Waals surface area contributed by atoms with Crippen LogP contribution in [-0.2, 0) is 19.1 Å². The molecule has 0 aromatic rings. The van der Waals surface area contributed by atoms with E-state index in [4.69, 9.17) is 0 Å². The van der Waals surface area contributed by atoms with Gasteiger partial charge in [0.05, 0.1) is 13.2 Å². The van der Waals surface area contributed by atoms with Crippen LogP contribution in [0.25, 0.3) is 0 Å². The first-order chi connectivity index (χ1) is 7.61. The summed E-state index contributed by atoms with van der Waals surface area (Å²) >= 11 is 0. The summed E-state index contributed by atoms with van der Waals surface area (Å²) in [5.74, 6) is -1.86. The third kappa shape index (κ3) is 6.98. The van der Waals surface area contributed by atoms with Gasteiger partial charge in [0.1, 0.15) is 0 Å². The van der Waals surface area contributed by atoms with Crippen LogP contribution in [0.2, 0.25) is 0 Å². The van der Waals surface area contributed by atoms with Crippen molar-refractivity contribution in [3.8, 4) is 0 Å². The number of esters is 1. The Bertz CT molecular complexity index is 250. The monoisotopic (exact) mass is 229 g/mol. The van der Waals surface area contributed by atoms with Crippen molar-refractivity contribution in [1.82, 2.24) is 5.32 Å². The lowest BCUT2D eigenvalue weighted by atomic mass is 10.1. The summed E-state index contributed by atoms with van der Waals surface area (Å²) in [5.41, 5.74) is 0. The first-order valence-electron chi connectivity index (χ1n) is 5.58. The summed E-state index contributed by atoms with van der Waals surface area (Å²) in [6.45, 7) is 3.71. The molecule has 5 heteroatoms. The van der Waals surface area contributed by atoms with Crippen LogP contribution in [0, 0.1) is 0 Å². The highest BCUT2D eigenvalue weighted by atomic mass is 16.5. The van der Waals surface area contributed by atoms with E-state index < -0.39 is 11.9 Å². The molecule has 92 valence electrons. The van der Waals surface area contributed by atoms with Crippen molar-refractivity contribution in [1.29, 1.82) is 0 Å². The third-order valence-corrected chi connectivity index (χ3v) is 1.97. The predicted octanol–water partition coefficient (Wildman–Crippen LogP) is 0.815. The van der Waals surface area contributed by atoms with Gasteiger partial charge in [-0.25, -0.2) is 4.79 Å². The van der Waals surface area contributed by atoms with Crippen LogP contribution in [-0.4, -0.2) is 30.8 Å². The Hall–Kier alpha value is -1.39. The summed E-state index contributed by atoms with van der Waals surface area (Å²) in [5, 5.41) is 2.23. The van der Waals surface area contributed by atoms with Gasteiger partial charge in [-0.15, -0.1) is 0 Å². The van der Waals surface area contributed by atoms with Gasteiger partial charge in [-0.1, -0.05) is 19.8 Å². The van der Waals surface area contributed by atoms with Gasteiger partial charge in [-0.05, 0) is 13.3 Å². The molecule has 0 aliphatic carbocycles. The molecule has 0 saturated heterocycles. The van der Waals surface area contributed by atoms with Crippen molar-refractivity contribution >= 4 is 17.7 Å². The van der Waals surface area contributed by atoms with E-state index in [1.54, 1.807) is 6.92 Å². The fraction of sp³-hybridized carbons (Fsp3) is 0.727. The van der Waals surface area contributed by atoms with Crippen LogP contribution in [0.5, 0.6) is 0 Å². The van der Waals surface area contributed by atoms with Gasteiger partial charge in [-0.3, -0.25) is 9.59 Å². The average molecular weight is 229 g/mol. The second-order valence-electron chi connectivity index (χ2n) is 3.40. The van der Waals surface area contributed by atoms with Crippen molar-refractivity contribution in [3.63, 3.8) is 0 Å². The molecule has 0 aliphatic heterocycles. The smallest absolute Gasteiger partial charge is 0.396 e. The van der Waals surface area contributed by atoms with E-state index in [1.165, 1.54) is 0 Å². The topological polar surface area (TPSA) is 72.5 Å². The maximum absolute atomic E-state index is 11.2. The van der Waals surface area contributed by atoms with Gasteiger partial charge in [0, 0.05) is 6.42 Å². The van der Waals surface area contributed by atoms with Crippen LogP contribution >= 0.6 is 0 Å². The summed E-state index contributed by atoms with van der Waals surface area (Å²) in [4.78, 5) is 33.1. The largest absolute Gasteiger partial charge is 0.459 e. The molecule has 1 N–H and O–H groups in total. The molecule has 0 bridgehead atoms. The molecule has 0 aromatic heterocycles. The fourth-order valence-electron chi connectivity index (χ4n) is 1.11. The molecule has 1 amide bonds. The summed E-state index contributed by atoms with van der Waals surface area (Å²) in [7, 11) is 0. The Balaban J connectivity index is 3.66. The van der Waals surface area contributed by atoms with Gasteiger partial charge in [0.2, 0.25) is 0 Å². The first-order valence-corrected chi connectivity index (χ1v) is 5.58. The summed E-state index contributed by atoms with van der Waals surface area (Å²) in [6.07, 6.45) is 3.31. The van der Waals surface area contributed by atoms with E-state index in [2.05, 4.69) is 10.1 Å². The van der Waals surface area contributed by atoms with Gasteiger partial charge >= 0.3 is 11.9 Å². The van der Waals surface area contributed by atoms with Gasteiger partial charge in [-0.2, -0.15) is 0 Å². The maximum atomic E-state index is 11.2. The van der Waals surface area contributed by atoms with E-state index in [0.29, 0.717) is 6.42 Å². The molecular formula is C11H19NO4. The molecule has 0 saturated carbocycles. The normalized spacial score (nSPS) is 9.62. The molecule has 0 heterocycles. The molecule has 0 aliphatic rings. The molecule has 0 aromatic carbocycles. The summed E-state index contributed by atoms with van der Waals surface area (Å²) in [6, 6.07) is 0. The van der Waals surface area contributed by atoms with E-state index in [0.717, 1.165) is 19.3 Å². The highest BCUT2D eigenvalue weighted by Gasteiger charge is 2.14. The Morgan fingerprint density at radius 2 is 1.81 bits per heavy atom. The second kappa shape index (κ2) is 8.88. The number of ketones is 1. The van der Waals surface area contributed by atoms with Crippen LogP contribution < -0.4 is 5.32 Å². The number of hydrogen-bond donors (Lipinski definition) is 1. The molecule has 0 spiro atoms. The number of amides is 1. The molecule has 0 radical (unpaired) electrons. The number of ether oxygens (including phenoxy) is 1. The zero-order valence-electron chi connectivity index (χ0n) is 9.88. The quantitative estimate of drug-likeness (QED) is 0.398. The number of carbonyl (C=O) groups excluding carboxylic acids is 3. The van der Waals surface area contributed by atoms with Crippen molar-refractivity contribution in [2.24, 2.45) is 0 Å². The van der Waals surface area contributed by atoms with E-state index >= 15 is 0 Å². The third-order valence-electron chi connectivity index (χ3n) is 1.97. The van der Waals surface area contributed by atoms with Gasteiger partial charge in [0.25, 0.3) is 0 Å². The summed E-state index contributed by atoms with van der Waals surface area (Å²) < 4.78 is 4.47. The zero-order valence-corrected chi connectivity index (χ0v) is 9.88. The number of nitrogens with one attached hydrogen (secondary N) is 1. The number of hydrogen-bond acceptors (Lipinski definition) is 4. The second-order valence-corrected chi connectivity index (χ2v) is 3.40. The van der Waals surface area contributed by atoms with Gasteiger partial charge in [0.15, 0.2) is 5.78 Å². The molecule has 0 atom stereocenters. The van der Waals surface area contributed by atoms with Crippen molar-refractivity contribution < 1.29 is 19.1 Å². The zero-order chi connectivity index (χ0) is 12.4. The van der Waals surface area contributed by atoms with E-state index in [1.807, 2.05) is 6.92 Å². The predicted molar refractivity (Wildman–Crippen MR) is 58.8 cm³/mol. The number of carbonyl (C=O) groups is 3. The Labute approximate surface area is 95.5 Å². The van der Waals surface area contributed by atoms with Crippen molar-refractivity contribution in [2.75, 3.05) is 13.2 Å². The lowest BCUT2D eigenvalue weighted by molar-refractivity contribution is -0.154. The Morgan fingerprint density at radius 3 is 2.38 bits per heavy atom. The molecule has 16 heavy (non-hydrogen) atoms. The first kappa shape index (κ1) is 14.6. The molecule has 5 nitrogen and oxygen atoms in total.